The minimum absolute atomic E-state index is 0.471. The van der Waals surface area contributed by atoms with Gasteiger partial charge in [-0.3, -0.25) is 0 Å². The summed E-state index contributed by atoms with van der Waals surface area (Å²) in [5.74, 6) is 1.08. The highest BCUT2D eigenvalue weighted by Crippen LogP contribution is 2.33. The van der Waals surface area contributed by atoms with E-state index in [9.17, 15) is 0 Å². The lowest BCUT2D eigenvalue weighted by atomic mass is 10.1. The molecular formula is C10H11NS2. The van der Waals surface area contributed by atoms with Crippen molar-refractivity contribution in [3.8, 4) is 0 Å². The highest BCUT2D eigenvalue weighted by Gasteiger charge is 2.26. The Hall–Kier alpha value is -0.540. The molecular weight excluding hydrogens is 198 g/mol. The molecule has 1 saturated heterocycles. The van der Waals surface area contributed by atoms with Crippen LogP contribution < -0.4 is 0 Å². The second-order valence-corrected chi connectivity index (χ2v) is 4.77. The molecule has 1 heterocycles. The van der Waals surface area contributed by atoms with Crippen molar-refractivity contribution in [2.75, 3.05) is 12.8 Å². The molecule has 1 nitrogen and oxygen atoms in total. The summed E-state index contributed by atoms with van der Waals surface area (Å²) in [6.45, 7) is 0. The van der Waals surface area contributed by atoms with Crippen LogP contribution in [-0.2, 0) is 0 Å². The third-order valence-electron chi connectivity index (χ3n) is 2.30. The number of hydrogen-bond acceptors (Lipinski definition) is 2. The third kappa shape index (κ3) is 1.71. The van der Waals surface area contributed by atoms with Crippen LogP contribution in [0.4, 0.5) is 0 Å². The van der Waals surface area contributed by atoms with Crippen LogP contribution in [0.2, 0.25) is 0 Å². The Labute approximate surface area is 88.1 Å². The van der Waals surface area contributed by atoms with Crippen molar-refractivity contribution in [3.63, 3.8) is 0 Å². The zero-order valence-electron chi connectivity index (χ0n) is 7.43. The molecule has 1 unspecified atom stereocenters. The van der Waals surface area contributed by atoms with Gasteiger partial charge in [0.25, 0.3) is 0 Å². The number of thioether (sulfide) groups is 1. The van der Waals surface area contributed by atoms with Crippen molar-refractivity contribution in [3.05, 3.63) is 35.9 Å². The highest BCUT2D eigenvalue weighted by molar-refractivity contribution is 8.23. The molecule has 0 N–H and O–H groups in total. The smallest absolute Gasteiger partial charge is 0.136 e. The Morgan fingerprint density at radius 2 is 2.08 bits per heavy atom. The molecule has 0 aromatic heterocycles. The molecule has 1 aliphatic heterocycles. The van der Waals surface area contributed by atoms with Crippen molar-refractivity contribution in [1.82, 2.24) is 4.90 Å². The summed E-state index contributed by atoms with van der Waals surface area (Å²) in [5, 5.41) is 0. The van der Waals surface area contributed by atoms with E-state index < -0.39 is 0 Å². The first-order chi connectivity index (χ1) is 6.29. The lowest BCUT2D eigenvalue weighted by molar-refractivity contribution is 0.433. The van der Waals surface area contributed by atoms with Gasteiger partial charge in [0.15, 0.2) is 0 Å². The molecule has 1 fully saturated rings. The van der Waals surface area contributed by atoms with E-state index in [-0.39, 0.29) is 0 Å². The van der Waals surface area contributed by atoms with Gasteiger partial charge in [0.1, 0.15) is 4.32 Å². The van der Waals surface area contributed by atoms with Crippen molar-refractivity contribution < 1.29 is 0 Å². The normalized spacial score (nSPS) is 22.4. The van der Waals surface area contributed by atoms with Crippen LogP contribution >= 0.6 is 24.0 Å². The lowest BCUT2D eigenvalue weighted by Crippen LogP contribution is -2.21. The molecule has 0 radical (unpaired) electrons. The van der Waals surface area contributed by atoms with Gasteiger partial charge in [-0.05, 0) is 5.56 Å². The number of nitrogens with zero attached hydrogens (tertiary/aromatic N) is 1. The standard InChI is InChI=1S/C10H11NS2/c1-11-9(7-13-10(11)12)8-5-3-2-4-6-8/h2-6,9H,7H2,1H3. The zero-order chi connectivity index (χ0) is 9.26. The summed E-state index contributed by atoms with van der Waals surface area (Å²) >= 11 is 6.97. The molecule has 1 atom stereocenters. The van der Waals surface area contributed by atoms with Gasteiger partial charge >= 0.3 is 0 Å². The minimum atomic E-state index is 0.471. The van der Waals surface area contributed by atoms with E-state index in [1.807, 2.05) is 6.07 Å². The van der Waals surface area contributed by atoms with Gasteiger partial charge in [0.2, 0.25) is 0 Å². The van der Waals surface area contributed by atoms with E-state index >= 15 is 0 Å². The monoisotopic (exact) mass is 209 g/mol. The average molecular weight is 209 g/mol. The predicted octanol–water partition coefficient (Wildman–Crippen LogP) is 2.69. The van der Waals surface area contributed by atoms with Crippen LogP contribution in [0, 0.1) is 0 Å². The van der Waals surface area contributed by atoms with E-state index in [1.54, 1.807) is 11.8 Å². The maximum Gasteiger partial charge on any atom is 0.136 e. The fraction of sp³-hybridized carbons (Fsp3) is 0.300. The Morgan fingerprint density at radius 1 is 1.38 bits per heavy atom. The van der Waals surface area contributed by atoms with Crippen molar-refractivity contribution in [2.24, 2.45) is 0 Å². The van der Waals surface area contributed by atoms with E-state index in [2.05, 4.69) is 36.2 Å². The van der Waals surface area contributed by atoms with E-state index in [4.69, 9.17) is 12.2 Å². The Balaban J connectivity index is 2.24. The summed E-state index contributed by atoms with van der Waals surface area (Å²) in [4.78, 5) is 2.18. The first kappa shape index (κ1) is 9.03. The number of rotatable bonds is 1. The number of thiocarbonyl (C=S) groups is 1. The molecule has 68 valence electrons. The topological polar surface area (TPSA) is 3.24 Å². The summed E-state index contributed by atoms with van der Waals surface area (Å²) in [6, 6.07) is 11.0. The summed E-state index contributed by atoms with van der Waals surface area (Å²) < 4.78 is 1.01. The molecule has 0 saturated carbocycles. The van der Waals surface area contributed by atoms with Gasteiger partial charge < -0.3 is 4.90 Å². The predicted molar refractivity (Wildman–Crippen MR) is 62.0 cm³/mol. The molecule has 0 spiro atoms. The highest BCUT2D eigenvalue weighted by atomic mass is 32.2. The fourth-order valence-electron chi connectivity index (χ4n) is 1.49. The molecule has 1 aromatic carbocycles. The summed E-state index contributed by atoms with van der Waals surface area (Å²) in [5.41, 5.74) is 1.36. The molecule has 3 heteroatoms. The molecule has 0 aliphatic carbocycles. The SMILES string of the molecule is CN1C(=S)SCC1c1ccccc1. The van der Waals surface area contributed by atoms with Crippen molar-refractivity contribution >= 4 is 28.3 Å². The second kappa shape index (κ2) is 3.68. The quantitative estimate of drug-likeness (QED) is 0.655. The molecule has 0 bridgehead atoms. The summed E-state index contributed by atoms with van der Waals surface area (Å²) in [7, 11) is 2.07. The molecule has 1 aliphatic rings. The Bertz CT molecular complexity index is 310. The third-order valence-corrected chi connectivity index (χ3v) is 3.96. The van der Waals surface area contributed by atoms with Gasteiger partial charge in [0.05, 0.1) is 6.04 Å². The van der Waals surface area contributed by atoms with Gasteiger partial charge in [-0.15, -0.1) is 0 Å². The van der Waals surface area contributed by atoms with Gasteiger partial charge in [0, 0.05) is 12.8 Å². The molecule has 2 rings (SSSR count). The van der Waals surface area contributed by atoms with Crippen molar-refractivity contribution in [2.45, 2.75) is 6.04 Å². The minimum Gasteiger partial charge on any atom is -0.353 e. The molecule has 0 amide bonds. The maximum absolute atomic E-state index is 5.21. The maximum atomic E-state index is 5.21. The van der Waals surface area contributed by atoms with Crippen LogP contribution in [0.5, 0.6) is 0 Å². The van der Waals surface area contributed by atoms with Crippen LogP contribution in [0.3, 0.4) is 0 Å². The van der Waals surface area contributed by atoms with E-state index in [0.717, 1.165) is 10.1 Å². The molecule has 1 aromatic rings. The lowest BCUT2D eigenvalue weighted by Gasteiger charge is -2.20. The van der Waals surface area contributed by atoms with E-state index in [0.29, 0.717) is 6.04 Å². The molecule has 13 heavy (non-hydrogen) atoms. The fourth-order valence-corrected chi connectivity index (χ4v) is 2.86. The van der Waals surface area contributed by atoms with E-state index in [1.165, 1.54) is 5.56 Å². The second-order valence-electron chi connectivity index (χ2n) is 3.11. The number of benzene rings is 1. The summed E-state index contributed by atoms with van der Waals surface area (Å²) in [6.07, 6.45) is 0. The largest absolute Gasteiger partial charge is 0.353 e. The Kier molecular flexibility index (Phi) is 2.56. The van der Waals surface area contributed by atoms with Crippen LogP contribution in [-0.4, -0.2) is 22.0 Å². The van der Waals surface area contributed by atoms with Gasteiger partial charge in [-0.1, -0.05) is 54.3 Å². The van der Waals surface area contributed by atoms with Crippen molar-refractivity contribution in [1.29, 1.82) is 0 Å². The zero-order valence-corrected chi connectivity index (χ0v) is 9.07. The van der Waals surface area contributed by atoms with Gasteiger partial charge in [-0.2, -0.15) is 0 Å². The first-order valence-electron chi connectivity index (χ1n) is 4.23. The average Bonchev–Trinajstić information content (AvgIpc) is 2.49. The van der Waals surface area contributed by atoms with Crippen LogP contribution in [0.15, 0.2) is 30.3 Å². The van der Waals surface area contributed by atoms with Crippen LogP contribution in [0.25, 0.3) is 0 Å². The first-order valence-corrected chi connectivity index (χ1v) is 5.63. The van der Waals surface area contributed by atoms with Gasteiger partial charge in [-0.25, -0.2) is 0 Å². The number of hydrogen-bond donors (Lipinski definition) is 0. The Morgan fingerprint density at radius 3 is 2.62 bits per heavy atom. The van der Waals surface area contributed by atoms with Crippen LogP contribution in [0.1, 0.15) is 11.6 Å².